The van der Waals surface area contributed by atoms with E-state index in [4.69, 9.17) is 5.73 Å². The van der Waals surface area contributed by atoms with Crippen molar-refractivity contribution in [1.29, 1.82) is 0 Å². The largest absolute Gasteiger partial charge is 0.385 e. The highest BCUT2D eigenvalue weighted by Gasteiger charge is 2.25. The molecule has 0 radical (unpaired) electrons. The van der Waals surface area contributed by atoms with Crippen molar-refractivity contribution in [3.63, 3.8) is 0 Å². The minimum absolute atomic E-state index is 0.139. The van der Waals surface area contributed by atoms with Crippen LogP contribution in [-0.4, -0.2) is 13.3 Å². The average molecular weight is 313 g/mol. The van der Waals surface area contributed by atoms with Gasteiger partial charge in [0.2, 0.25) is 0 Å². The van der Waals surface area contributed by atoms with Gasteiger partial charge in [-0.15, -0.1) is 0 Å². The fourth-order valence-corrected chi connectivity index (χ4v) is 3.87. The number of thiophene rings is 1. The molecule has 0 aliphatic carbocycles. The first-order valence-corrected chi connectivity index (χ1v) is 7.73. The number of para-hydroxylation sites is 1. The lowest BCUT2D eigenvalue weighted by Crippen LogP contribution is -2.12. The van der Waals surface area contributed by atoms with Crippen molar-refractivity contribution in [2.24, 2.45) is 0 Å². The van der Waals surface area contributed by atoms with Gasteiger partial charge in [-0.1, -0.05) is 29.5 Å². The van der Waals surface area contributed by atoms with Gasteiger partial charge in [0.25, 0.3) is 10.0 Å². The lowest BCUT2D eigenvalue weighted by atomic mass is 10.2. The number of benzene rings is 1. The van der Waals surface area contributed by atoms with E-state index in [0.29, 0.717) is 17.0 Å². The van der Waals surface area contributed by atoms with E-state index in [0.717, 1.165) is 11.6 Å². The van der Waals surface area contributed by atoms with Crippen LogP contribution in [0.25, 0.3) is 0 Å². The molecule has 9 heteroatoms. The first-order chi connectivity index (χ1) is 9.31. The molecule has 1 aromatic heterocycles. The summed E-state index contributed by atoms with van der Waals surface area (Å²) in [6.07, 6.45) is 0. The summed E-state index contributed by atoms with van der Waals surface area (Å²) in [7, 11) is -3.89. The summed E-state index contributed by atoms with van der Waals surface area (Å²) in [4.78, 5) is 9.98. The SMILES string of the molecule is Cc1ccccc1NS(=O)(=O)c1cc([N+](=O)[O-])c(N)s1. The highest BCUT2D eigenvalue weighted by molar-refractivity contribution is 7.94. The summed E-state index contributed by atoms with van der Waals surface area (Å²) < 4.78 is 26.5. The highest BCUT2D eigenvalue weighted by Crippen LogP contribution is 2.35. The summed E-state index contributed by atoms with van der Waals surface area (Å²) in [5.74, 6) is 0. The van der Waals surface area contributed by atoms with E-state index in [1.807, 2.05) is 0 Å². The Hall–Kier alpha value is -2.13. The van der Waals surface area contributed by atoms with Gasteiger partial charge in [-0.05, 0) is 18.6 Å². The first-order valence-electron chi connectivity index (χ1n) is 5.43. The van der Waals surface area contributed by atoms with Crippen molar-refractivity contribution in [3.05, 3.63) is 46.0 Å². The molecule has 7 nitrogen and oxygen atoms in total. The van der Waals surface area contributed by atoms with E-state index in [-0.39, 0.29) is 9.21 Å². The van der Waals surface area contributed by atoms with Gasteiger partial charge in [-0.2, -0.15) is 0 Å². The van der Waals surface area contributed by atoms with Crippen molar-refractivity contribution in [2.75, 3.05) is 10.5 Å². The van der Waals surface area contributed by atoms with Crippen molar-refractivity contribution < 1.29 is 13.3 Å². The Morgan fingerprint density at radius 2 is 2.00 bits per heavy atom. The molecular formula is C11H11N3O4S2. The molecule has 2 rings (SSSR count). The third kappa shape index (κ3) is 2.73. The van der Waals surface area contributed by atoms with Crippen LogP contribution in [0.3, 0.4) is 0 Å². The topological polar surface area (TPSA) is 115 Å². The van der Waals surface area contributed by atoms with E-state index in [1.165, 1.54) is 0 Å². The summed E-state index contributed by atoms with van der Waals surface area (Å²) in [6, 6.07) is 7.79. The van der Waals surface area contributed by atoms with Crippen LogP contribution in [0, 0.1) is 17.0 Å². The van der Waals surface area contributed by atoms with Crippen LogP contribution in [0.1, 0.15) is 5.56 Å². The van der Waals surface area contributed by atoms with Gasteiger partial charge in [0.1, 0.15) is 4.21 Å². The molecule has 0 saturated carbocycles. The van der Waals surface area contributed by atoms with E-state index < -0.39 is 20.6 Å². The van der Waals surface area contributed by atoms with Gasteiger partial charge in [0, 0.05) is 6.07 Å². The molecule has 1 heterocycles. The number of hydrogen-bond donors (Lipinski definition) is 2. The normalized spacial score (nSPS) is 11.2. The maximum Gasteiger partial charge on any atom is 0.304 e. The number of rotatable bonds is 4. The van der Waals surface area contributed by atoms with Gasteiger partial charge in [-0.25, -0.2) is 8.42 Å². The number of aryl methyl sites for hydroxylation is 1. The predicted octanol–water partition coefficient (Wildman–Crippen LogP) is 2.35. The molecule has 1 aromatic carbocycles. The van der Waals surface area contributed by atoms with E-state index in [1.54, 1.807) is 31.2 Å². The number of sulfonamides is 1. The molecule has 106 valence electrons. The summed E-state index contributed by atoms with van der Waals surface area (Å²) in [6.45, 7) is 1.75. The Kier molecular flexibility index (Phi) is 3.64. The van der Waals surface area contributed by atoms with Crippen LogP contribution in [0.2, 0.25) is 0 Å². The number of nitrogens with zero attached hydrogens (tertiary/aromatic N) is 1. The fourth-order valence-electron chi connectivity index (χ4n) is 1.53. The number of hydrogen-bond acceptors (Lipinski definition) is 6. The van der Waals surface area contributed by atoms with Gasteiger partial charge < -0.3 is 5.73 Å². The van der Waals surface area contributed by atoms with Crippen molar-refractivity contribution in [1.82, 2.24) is 0 Å². The lowest BCUT2D eigenvalue weighted by molar-refractivity contribution is -0.383. The Morgan fingerprint density at radius 1 is 1.35 bits per heavy atom. The summed E-state index contributed by atoms with van der Waals surface area (Å²) in [5.41, 5.74) is 6.21. The van der Waals surface area contributed by atoms with Crippen LogP contribution in [0.4, 0.5) is 16.4 Å². The van der Waals surface area contributed by atoms with Crippen LogP contribution >= 0.6 is 11.3 Å². The molecular weight excluding hydrogens is 302 g/mol. The number of nitrogen functional groups attached to an aromatic ring is 1. The summed E-state index contributed by atoms with van der Waals surface area (Å²) >= 11 is 0.660. The molecule has 0 aliphatic rings. The van der Waals surface area contributed by atoms with Crippen LogP contribution in [-0.2, 0) is 10.0 Å². The second-order valence-corrected chi connectivity index (χ2v) is 6.99. The van der Waals surface area contributed by atoms with Crippen LogP contribution in [0.5, 0.6) is 0 Å². The monoisotopic (exact) mass is 313 g/mol. The third-order valence-electron chi connectivity index (χ3n) is 2.57. The number of nitrogens with two attached hydrogens (primary N) is 1. The molecule has 3 N–H and O–H groups in total. The zero-order valence-electron chi connectivity index (χ0n) is 10.4. The van der Waals surface area contributed by atoms with Gasteiger partial charge in [0.15, 0.2) is 5.00 Å². The number of anilines is 2. The molecule has 0 spiro atoms. The maximum atomic E-state index is 12.2. The molecule has 20 heavy (non-hydrogen) atoms. The zero-order valence-corrected chi connectivity index (χ0v) is 12.0. The molecule has 0 amide bonds. The van der Waals surface area contributed by atoms with E-state index in [2.05, 4.69) is 4.72 Å². The molecule has 0 saturated heterocycles. The van der Waals surface area contributed by atoms with Crippen molar-refractivity contribution in [2.45, 2.75) is 11.1 Å². The van der Waals surface area contributed by atoms with Crippen molar-refractivity contribution >= 4 is 37.7 Å². The van der Waals surface area contributed by atoms with E-state index >= 15 is 0 Å². The molecule has 0 fully saturated rings. The van der Waals surface area contributed by atoms with Crippen molar-refractivity contribution in [3.8, 4) is 0 Å². The molecule has 0 unspecified atom stereocenters. The minimum Gasteiger partial charge on any atom is -0.385 e. The number of nitro groups is 1. The van der Waals surface area contributed by atoms with Gasteiger partial charge in [0.05, 0.1) is 10.6 Å². The Labute approximate surface area is 119 Å². The van der Waals surface area contributed by atoms with Gasteiger partial charge >= 0.3 is 5.69 Å². The van der Waals surface area contributed by atoms with Gasteiger partial charge in [-0.3, -0.25) is 14.8 Å². The highest BCUT2D eigenvalue weighted by atomic mass is 32.2. The quantitative estimate of drug-likeness (QED) is 0.664. The van der Waals surface area contributed by atoms with E-state index in [9.17, 15) is 18.5 Å². The molecule has 0 atom stereocenters. The molecule has 0 aliphatic heterocycles. The predicted molar refractivity (Wildman–Crippen MR) is 77.4 cm³/mol. The Bertz CT molecular complexity index is 768. The fraction of sp³-hybridized carbons (Fsp3) is 0.0909. The molecule has 2 aromatic rings. The number of nitrogens with one attached hydrogen (secondary N) is 1. The zero-order chi connectivity index (χ0) is 14.9. The maximum absolute atomic E-state index is 12.2. The molecule has 0 bridgehead atoms. The smallest absolute Gasteiger partial charge is 0.304 e. The standard InChI is InChI=1S/C11H11N3O4S2/c1-7-4-2-3-5-8(7)13-20(17,18)10-6-9(14(15)16)11(12)19-10/h2-6,13H,12H2,1H3. The summed E-state index contributed by atoms with van der Waals surface area (Å²) in [5, 5.41) is 10.6. The average Bonchev–Trinajstić information content (AvgIpc) is 2.75. The second kappa shape index (κ2) is 5.10. The lowest BCUT2D eigenvalue weighted by Gasteiger charge is -2.08. The Morgan fingerprint density at radius 3 is 2.55 bits per heavy atom. The minimum atomic E-state index is -3.89. The first kappa shape index (κ1) is 14.3. The third-order valence-corrected chi connectivity index (χ3v) is 5.36. The second-order valence-electron chi connectivity index (χ2n) is 3.99. The Balaban J connectivity index is 2.39. The van der Waals surface area contributed by atoms with Crippen LogP contribution < -0.4 is 10.5 Å². The van der Waals surface area contributed by atoms with Crippen LogP contribution in [0.15, 0.2) is 34.5 Å².